The van der Waals surface area contributed by atoms with E-state index in [9.17, 15) is 0 Å². The molecule has 2 nitrogen and oxygen atoms in total. The van der Waals surface area contributed by atoms with E-state index in [2.05, 4.69) is 157 Å². The van der Waals surface area contributed by atoms with E-state index in [1.165, 1.54) is 88.3 Å². The molecule has 0 saturated heterocycles. The Morgan fingerprint density at radius 2 is 0.783 bits per heavy atom. The van der Waals surface area contributed by atoms with Gasteiger partial charge in [0.15, 0.2) is 0 Å². The Labute approximate surface area is 269 Å². The van der Waals surface area contributed by atoms with Crippen LogP contribution in [0.1, 0.15) is 11.1 Å². The average molecular weight is 589 g/mol. The quantitative estimate of drug-likeness (QED) is 0.187. The molecule has 0 radical (unpaired) electrons. The molecule has 218 valence electrons. The van der Waals surface area contributed by atoms with E-state index in [4.69, 9.17) is 0 Å². The lowest BCUT2D eigenvalue weighted by molar-refractivity contribution is 1.27. The predicted octanol–water partition coefficient (Wildman–Crippen LogP) is 11.7. The second-order valence-electron chi connectivity index (χ2n) is 12.0. The van der Waals surface area contributed by atoms with Crippen LogP contribution in [0.3, 0.4) is 0 Å². The minimum atomic E-state index is 1.17. The molecule has 0 aliphatic carbocycles. The highest BCUT2D eigenvalue weighted by molar-refractivity contribution is 6.22. The molecule has 0 aliphatic rings. The van der Waals surface area contributed by atoms with E-state index in [1.807, 2.05) is 24.8 Å². The number of fused-ring (bicyclic) bond motifs is 2. The molecule has 0 spiro atoms. The number of hydrogen-bond acceptors (Lipinski definition) is 2. The minimum absolute atomic E-state index is 1.17. The fourth-order valence-corrected chi connectivity index (χ4v) is 6.84. The Balaban J connectivity index is 1.37. The summed E-state index contributed by atoms with van der Waals surface area (Å²) in [5.41, 5.74) is 14.5. The molecule has 0 unspecified atom stereocenters. The van der Waals surface area contributed by atoms with Crippen molar-refractivity contribution in [3.8, 4) is 55.6 Å². The van der Waals surface area contributed by atoms with Gasteiger partial charge in [0.2, 0.25) is 0 Å². The summed E-state index contributed by atoms with van der Waals surface area (Å²) in [5.74, 6) is 0. The van der Waals surface area contributed by atoms with Crippen molar-refractivity contribution in [3.63, 3.8) is 0 Å². The zero-order valence-electron chi connectivity index (χ0n) is 25.9. The van der Waals surface area contributed by atoms with Crippen molar-refractivity contribution < 1.29 is 0 Å². The van der Waals surface area contributed by atoms with Gasteiger partial charge in [0.1, 0.15) is 0 Å². The third kappa shape index (κ3) is 4.85. The van der Waals surface area contributed by atoms with Crippen LogP contribution in [0.5, 0.6) is 0 Å². The first-order chi connectivity index (χ1) is 22.7. The summed E-state index contributed by atoms with van der Waals surface area (Å²) < 4.78 is 0. The zero-order chi connectivity index (χ0) is 31.0. The van der Waals surface area contributed by atoms with Crippen LogP contribution in [0.4, 0.5) is 0 Å². The van der Waals surface area contributed by atoms with Gasteiger partial charge in [-0.1, -0.05) is 115 Å². The van der Waals surface area contributed by atoms with Crippen molar-refractivity contribution in [2.24, 2.45) is 0 Å². The fraction of sp³-hybridized carbons (Fsp3) is 0.0455. The van der Waals surface area contributed by atoms with Crippen LogP contribution in [0.2, 0.25) is 0 Å². The van der Waals surface area contributed by atoms with Crippen molar-refractivity contribution >= 4 is 21.5 Å². The van der Waals surface area contributed by atoms with E-state index in [0.29, 0.717) is 0 Å². The summed E-state index contributed by atoms with van der Waals surface area (Å²) in [6.07, 6.45) is 7.59. The molecule has 0 fully saturated rings. The molecule has 0 bridgehead atoms. The van der Waals surface area contributed by atoms with Crippen LogP contribution < -0.4 is 0 Å². The lowest BCUT2D eigenvalue weighted by Crippen LogP contribution is -1.92. The Morgan fingerprint density at radius 1 is 0.348 bits per heavy atom. The van der Waals surface area contributed by atoms with Crippen molar-refractivity contribution in [2.45, 2.75) is 13.8 Å². The van der Waals surface area contributed by atoms with E-state index in [1.54, 1.807) is 0 Å². The number of rotatable bonds is 5. The van der Waals surface area contributed by atoms with Gasteiger partial charge in [-0.25, -0.2) is 0 Å². The molecule has 0 aliphatic heterocycles. The van der Waals surface area contributed by atoms with Crippen LogP contribution in [0.25, 0.3) is 77.2 Å². The normalized spacial score (nSPS) is 11.3. The summed E-state index contributed by atoms with van der Waals surface area (Å²) in [6, 6.07) is 48.7. The molecule has 0 N–H and O–H groups in total. The van der Waals surface area contributed by atoms with E-state index >= 15 is 0 Å². The zero-order valence-corrected chi connectivity index (χ0v) is 25.9. The van der Waals surface area contributed by atoms with Gasteiger partial charge in [-0.15, -0.1) is 0 Å². The summed E-state index contributed by atoms with van der Waals surface area (Å²) in [4.78, 5) is 8.58. The molecule has 8 aromatic rings. The first-order valence-corrected chi connectivity index (χ1v) is 15.7. The molecule has 6 aromatic carbocycles. The molecule has 8 rings (SSSR count). The molecular formula is C44H32N2. The smallest absolute Gasteiger partial charge is 0.0303 e. The monoisotopic (exact) mass is 588 g/mol. The van der Waals surface area contributed by atoms with Crippen molar-refractivity contribution in [3.05, 3.63) is 169 Å². The van der Waals surface area contributed by atoms with Gasteiger partial charge in [0.05, 0.1) is 0 Å². The number of pyridine rings is 2. The van der Waals surface area contributed by atoms with E-state index < -0.39 is 0 Å². The minimum Gasteiger partial charge on any atom is -0.264 e. The fourth-order valence-electron chi connectivity index (χ4n) is 6.84. The number of aromatic nitrogens is 2. The maximum absolute atomic E-state index is 4.29. The third-order valence-corrected chi connectivity index (χ3v) is 9.14. The number of aryl methyl sites for hydroxylation is 2. The van der Waals surface area contributed by atoms with Gasteiger partial charge in [-0.3, -0.25) is 9.97 Å². The van der Waals surface area contributed by atoms with Crippen LogP contribution in [-0.4, -0.2) is 9.97 Å². The molecule has 0 saturated carbocycles. The van der Waals surface area contributed by atoms with Gasteiger partial charge in [-0.05, 0) is 120 Å². The summed E-state index contributed by atoms with van der Waals surface area (Å²) in [5, 5.41) is 4.99. The predicted molar refractivity (Wildman–Crippen MR) is 194 cm³/mol. The SMILES string of the molecule is Cc1cnccc1-c1ccc(-c2c3ccccc3c(-c3ccc(-c4ccncc4C)cc3)c3cc(-c4ccccc4)ccc23)cc1. The number of benzene rings is 6. The van der Waals surface area contributed by atoms with Crippen molar-refractivity contribution in [1.82, 2.24) is 9.97 Å². The van der Waals surface area contributed by atoms with Gasteiger partial charge >= 0.3 is 0 Å². The molecule has 46 heavy (non-hydrogen) atoms. The van der Waals surface area contributed by atoms with Crippen LogP contribution >= 0.6 is 0 Å². The average Bonchev–Trinajstić information content (AvgIpc) is 3.11. The molecule has 0 amide bonds. The van der Waals surface area contributed by atoms with Gasteiger partial charge < -0.3 is 0 Å². The Morgan fingerprint density at radius 3 is 1.30 bits per heavy atom. The first kappa shape index (κ1) is 27.7. The standard InChI is InChI=1S/C44H32N2/c1-29-27-45-24-22-37(29)32-12-16-34(17-13-32)43-39-10-6-7-11-40(39)44(35-18-14-33(15-19-35)38-23-25-46-28-30(38)2)42-26-36(20-21-41(42)43)31-8-4-3-5-9-31/h3-28H,1-2H3. The lowest BCUT2D eigenvalue weighted by Gasteiger charge is -2.19. The van der Waals surface area contributed by atoms with Crippen LogP contribution in [-0.2, 0) is 0 Å². The second kappa shape index (κ2) is 11.6. The highest BCUT2D eigenvalue weighted by Crippen LogP contribution is 2.45. The molecule has 2 aromatic heterocycles. The maximum Gasteiger partial charge on any atom is 0.0303 e. The van der Waals surface area contributed by atoms with Gasteiger partial charge in [-0.2, -0.15) is 0 Å². The van der Waals surface area contributed by atoms with Gasteiger partial charge in [0, 0.05) is 24.8 Å². The summed E-state index contributed by atoms with van der Waals surface area (Å²) in [6.45, 7) is 4.23. The highest BCUT2D eigenvalue weighted by Gasteiger charge is 2.18. The number of hydrogen-bond donors (Lipinski definition) is 0. The highest BCUT2D eigenvalue weighted by atomic mass is 14.6. The van der Waals surface area contributed by atoms with E-state index in [0.717, 1.165) is 0 Å². The Hall–Kier alpha value is -5.86. The largest absolute Gasteiger partial charge is 0.264 e. The summed E-state index contributed by atoms with van der Waals surface area (Å²) >= 11 is 0. The third-order valence-electron chi connectivity index (χ3n) is 9.14. The first-order valence-electron chi connectivity index (χ1n) is 15.7. The molecule has 2 heteroatoms. The van der Waals surface area contributed by atoms with Crippen LogP contribution in [0, 0.1) is 13.8 Å². The lowest BCUT2D eigenvalue weighted by atomic mass is 9.84. The van der Waals surface area contributed by atoms with Gasteiger partial charge in [0.25, 0.3) is 0 Å². The maximum atomic E-state index is 4.29. The van der Waals surface area contributed by atoms with Crippen molar-refractivity contribution in [2.75, 3.05) is 0 Å². The van der Waals surface area contributed by atoms with Crippen LogP contribution in [0.15, 0.2) is 158 Å². The number of nitrogens with zero attached hydrogens (tertiary/aromatic N) is 2. The molecule has 0 atom stereocenters. The van der Waals surface area contributed by atoms with E-state index in [-0.39, 0.29) is 0 Å². The topological polar surface area (TPSA) is 25.8 Å². The second-order valence-corrected chi connectivity index (χ2v) is 12.0. The molecular weight excluding hydrogens is 556 g/mol. The molecule has 2 heterocycles. The van der Waals surface area contributed by atoms with Crippen molar-refractivity contribution in [1.29, 1.82) is 0 Å². The Kier molecular flexibility index (Phi) is 6.96. The summed E-state index contributed by atoms with van der Waals surface area (Å²) in [7, 11) is 0. The Bertz CT molecular complexity index is 2350.